The Morgan fingerprint density at radius 3 is 2.62 bits per heavy atom. The number of methoxy groups -OCH3 is 1. The molecule has 7 nitrogen and oxygen atoms in total. The van der Waals surface area contributed by atoms with Crippen molar-refractivity contribution in [3.8, 4) is 11.4 Å². The highest BCUT2D eigenvalue weighted by Gasteiger charge is 2.16. The zero-order valence-electron chi connectivity index (χ0n) is 11.9. The lowest BCUT2D eigenvalue weighted by molar-refractivity contribution is 0.0949. The van der Waals surface area contributed by atoms with Crippen molar-refractivity contribution in [3.05, 3.63) is 35.7 Å². The highest BCUT2D eigenvalue weighted by Crippen LogP contribution is 2.16. The molecule has 1 amide bonds. The van der Waals surface area contributed by atoms with Gasteiger partial charge in [0, 0.05) is 13.1 Å². The standard InChI is InChI=1S/C13H17N5O2.ClH/c1-9-12(13(19)15-8-7-14)16-17-18(9)10-3-5-11(20-2)6-4-10;/h3-6H,7-8,14H2,1-2H3,(H,15,19);1H. The van der Waals surface area contributed by atoms with Crippen molar-refractivity contribution in [2.45, 2.75) is 6.92 Å². The van der Waals surface area contributed by atoms with E-state index in [4.69, 9.17) is 10.5 Å². The lowest BCUT2D eigenvalue weighted by atomic mass is 10.2. The summed E-state index contributed by atoms with van der Waals surface area (Å²) in [5.41, 5.74) is 7.13. The molecule has 0 atom stereocenters. The molecule has 0 saturated heterocycles. The second-order valence-electron chi connectivity index (χ2n) is 4.18. The van der Waals surface area contributed by atoms with Crippen LogP contribution < -0.4 is 15.8 Å². The number of hydrogen-bond acceptors (Lipinski definition) is 5. The van der Waals surface area contributed by atoms with Crippen molar-refractivity contribution >= 4 is 18.3 Å². The first-order valence-corrected chi connectivity index (χ1v) is 6.22. The number of nitrogens with zero attached hydrogens (tertiary/aromatic N) is 3. The summed E-state index contributed by atoms with van der Waals surface area (Å²) in [6, 6.07) is 7.35. The van der Waals surface area contributed by atoms with Gasteiger partial charge in [0.05, 0.1) is 18.5 Å². The van der Waals surface area contributed by atoms with Crippen LogP contribution in [0.2, 0.25) is 0 Å². The molecule has 0 spiro atoms. The number of nitrogens with two attached hydrogens (primary N) is 1. The monoisotopic (exact) mass is 311 g/mol. The minimum Gasteiger partial charge on any atom is -0.497 e. The Balaban J connectivity index is 0.00000220. The number of halogens is 1. The Hall–Kier alpha value is -2.12. The van der Waals surface area contributed by atoms with Gasteiger partial charge in [0.2, 0.25) is 0 Å². The fourth-order valence-corrected chi connectivity index (χ4v) is 1.78. The number of nitrogens with one attached hydrogen (secondary N) is 1. The number of ether oxygens (including phenoxy) is 1. The van der Waals surface area contributed by atoms with Gasteiger partial charge in [-0.3, -0.25) is 4.79 Å². The molecule has 1 aromatic carbocycles. The summed E-state index contributed by atoms with van der Waals surface area (Å²) in [6.07, 6.45) is 0. The second-order valence-corrected chi connectivity index (χ2v) is 4.18. The Morgan fingerprint density at radius 2 is 2.05 bits per heavy atom. The molecule has 114 valence electrons. The molecule has 0 radical (unpaired) electrons. The SMILES string of the molecule is COc1ccc(-n2nnc(C(=O)NCCN)c2C)cc1.Cl. The van der Waals surface area contributed by atoms with Crippen molar-refractivity contribution in [3.63, 3.8) is 0 Å². The molecule has 0 saturated carbocycles. The second kappa shape index (κ2) is 7.61. The first-order chi connectivity index (χ1) is 9.67. The Bertz CT molecular complexity index is 597. The summed E-state index contributed by atoms with van der Waals surface area (Å²) in [5.74, 6) is 0.486. The first kappa shape index (κ1) is 16.9. The van der Waals surface area contributed by atoms with Crippen LogP contribution in [0.4, 0.5) is 0 Å². The van der Waals surface area contributed by atoms with Gasteiger partial charge in [-0.2, -0.15) is 0 Å². The fourth-order valence-electron chi connectivity index (χ4n) is 1.78. The molecule has 0 fully saturated rings. The molecule has 0 unspecified atom stereocenters. The summed E-state index contributed by atoms with van der Waals surface area (Å²) >= 11 is 0. The average Bonchev–Trinajstić information content (AvgIpc) is 2.86. The van der Waals surface area contributed by atoms with Crippen LogP contribution in [0.3, 0.4) is 0 Å². The molecular formula is C13H18ClN5O2. The first-order valence-electron chi connectivity index (χ1n) is 6.22. The van der Waals surface area contributed by atoms with Gasteiger partial charge < -0.3 is 15.8 Å². The summed E-state index contributed by atoms with van der Waals surface area (Å²) in [5, 5.41) is 10.6. The predicted octanol–water partition coefficient (Wildman–Crippen LogP) is 0.695. The van der Waals surface area contributed by atoms with Crippen LogP contribution in [0, 0.1) is 6.92 Å². The van der Waals surface area contributed by atoms with Crippen LogP contribution in [-0.4, -0.2) is 41.1 Å². The summed E-state index contributed by atoms with van der Waals surface area (Å²) < 4.78 is 6.71. The van der Waals surface area contributed by atoms with Gasteiger partial charge in [-0.15, -0.1) is 17.5 Å². The molecule has 8 heteroatoms. The van der Waals surface area contributed by atoms with Gasteiger partial charge in [0.15, 0.2) is 5.69 Å². The molecule has 21 heavy (non-hydrogen) atoms. The third-order valence-corrected chi connectivity index (χ3v) is 2.86. The van der Waals surface area contributed by atoms with E-state index < -0.39 is 0 Å². The van der Waals surface area contributed by atoms with E-state index in [2.05, 4.69) is 15.6 Å². The number of rotatable bonds is 5. The van der Waals surface area contributed by atoms with Crippen LogP contribution >= 0.6 is 12.4 Å². The van der Waals surface area contributed by atoms with Gasteiger partial charge in [0.25, 0.3) is 5.91 Å². The van der Waals surface area contributed by atoms with Crippen LogP contribution in [0.15, 0.2) is 24.3 Å². The summed E-state index contributed by atoms with van der Waals surface area (Å²) in [4.78, 5) is 11.9. The number of carbonyl (C=O) groups is 1. The van der Waals surface area contributed by atoms with E-state index in [0.717, 1.165) is 11.4 Å². The lowest BCUT2D eigenvalue weighted by Gasteiger charge is -2.05. The zero-order chi connectivity index (χ0) is 14.5. The van der Waals surface area contributed by atoms with E-state index in [-0.39, 0.29) is 18.3 Å². The molecule has 2 rings (SSSR count). The maximum atomic E-state index is 11.9. The summed E-state index contributed by atoms with van der Waals surface area (Å²) in [6.45, 7) is 2.59. The molecule has 0 aliphatic carbocycles. The molecule has 1 heterocycles. The van der Waals surface area contributed by atoms with Crippen molar-refractivity contribution in [2.24, 2.45) is 5.73 Å². The van der Waals surface area contributed by atoms with E-state index in [0.29, 0.717) is 24.5 Å². The minimum absolute atomic E-state index is 0. The highest BCUT2D eigenvalue weighted by molar-refractivity contribution is 5.93. The van der Waals surface area contributed by atoms with Crippen molar-refractivity contribution in [1.82, 2.24) is 20.3 Å². The van der Waals surface area contributed by atoms with Gasteiger partial charge >= 0.3 is 0 Å². The van der Waals surface area contributed by atoms with Crippen LogP contribution in [0.25, 0.3) is 5.69 Å². The van der Waals surface area contributed by atoms with Crippen LogP contribution in [0.1, 0.15) is 16.2 Å². The molecule has 3 N–H and O–H groups in total. The molecule has 2 aromatic rings. The van der Waals surface area contributed by atoms with Gasteiger partial charge in [-0.25, -0.2) is 4.68 Å². The Kier molecular flexibility index (Phi) is 6.13. The maximum absolute atomic E-state index is 11.9. The normalized spacial score (nSPS) is 9.86. The number of hydrogen-bond donors (Lipinski definition) is 2. The zero-order valence-corrected chi connectivity index (χ0v) is 12.7. The van der Waals surface area contributed by atoms with E-state index in [1.54, 1.807) is 18.7 Å². The largest absolute Gasteiger partial charge is 0.497 e. The fraction of sp³-hybridized carbons (Fsp3) is 0.308. The third kappa shape index (κ3) is 3.71. The average molecular weight is 312 g/mol. The predicted molar refractivity (Wildman–Crippen MR) is 81.3 cm³/mol. The van der Waals surface area contributed by atoms with Crippen molar-refractivity contribution in [2.75, 3.05) is 20.2 Å². The number of amides is 1. The molecule has 1 aromatic heterocycles. The van der Waals surface area contributed by atoms with E-state index >= 15 is 0 Å². The third-order valence-electron chi connectivity index (χ3n) is 2.86. The van der Waals surface area contributed by atoms with E-state index in [1.165, 1.54) is 0 Å². The molecule has 0 aliphatic rings. The van der Waals surface area contributed by atoms with Crippen molar-refractivity contribution < 1.29 is 9.53 Å². The Morgan fingerprint density at radius 1 is 1.38 bits per heavy atom. The quantitative estimate of drug-likeness (QED) is 0.847. The number of carbonyl (C=O) groups excluding carboxylic acids is 1. The number of aromatic nitrogens is 3. The van der Waals surface area contributed by atoms with Crippen LogP contribution in [-0.2, 0) is 0 Å². The van der Waals surface area contributed by atoms with Crippen molar-refractivity contribution in [1.29, 1.82) is 0 Å². The smallest absolute Gasteiger partial charge is 0.273 e. The van der Waals surface area contributed by atoms with E-state index in [9.17, 15) is 4.79 Å². The minimum atomic E-state index is -0.271. The summed E-state index contributed by atoms with van der Waals surface area (Å²) in [7, 11) is 1.61. The lowest BCUT2D eigenvalue weighted by Crippen LogP contribution is -2.29. The highest BCUT2D eigenvalue weighted by atomic mass is 35.5. The maximum Gasteiger partial charge on any atom is 0.273 e. The number of benzene rings is 1. The Labute approximate surface area is 128 Å². The van der Waals surface area contributed by atoms with Gasteiger partial charge in [-0.05, 0) is 31.2 Å². The molecular weight excluding hydrogens is 294 g/mol. The topological polar surface area (TPSA) is 95.1 Å². The molecule has 0 aliphatic heterocycles. The van der Waals surface area contributed by atoms with Crippen LogP contribution in [0.5, 0.6) is 5.75 Å². The van der Waals surface area contributed by atoms with Gasteiger partial charge in [0.1, 0.15) is 5.75 Å². The molecule has 0 bridgehead atoms. The van der Waals surface area contributed by atoms with Gasteiger partial charge in [-0.1, -0.05) is 5.21 Å². The van der Waals surface area contributed by atoms with E-state index in [1.807, 2.05) is 24.3 Å².